The number of nitrogens with zero attached hydrogens (tertiary/aromatic N) is 3. The molecule has 206 valence electrons. The molecule has 0 bridgehead atoms. The van der Waals surface area contributed by atoms with E-state index < -0.39 is 17.9 Å². The van der Waals surface area contributed by atoms with Crippen molar-refractivity contribution in [3.63, 3.8) is 0 Å². The second-order valence-electron chi connectivity index (χ2n) is 8.62. The van der Waals surface area contributed by atoms with Gasteiger partial charge in [-0.05, 0) is 50.5 Å². The van der Waals surface area contributed by atoms with E-state index in [2.05, 4.69) is 26.6 Å². The largest absolute Gasteiger partial charge is 0.453 e. The third-order valence-electron chi connectivity index (χ3n) is 5.12. The fourth-order valence-electron chi connectivity index (χ4n) is 3.51. The lowest BCUT2D eigenvalue weighted by atomic mass is 10.00. The monoisotopic (exact) mass is 568 g/mol. The number of aliphatic imine (C=N–C) groups is 2. The van der Waals surface area contributed by atoms with Crippen molar-refractivity contribution in [2.45, 2.75) is 39.0 Å². The van der Waals surface area contributed by atoms with Gasteiger partial charge < -0.3 is 15.0 Å². The van der Waals surface area contributed by atoms with Gasteiger partial charge in [-0.2, -0.15) is 0 Å². The highest BCUT2D eigenvalue weighted by Gasteiger charge is 2.46. The number of alkyl halides is 2. The number of methoxy groups -OCH3 is 1. The maximum atomic E-state index is 15.4. The number of benzene rings is 1. The molecule has 1 fully saturated rings. The van der Waals surface area contributed by atoms with Crippen LogP contribution in [0.2, 0.25) is 5.02 Å². The van der Waals surface area contributed by atoms with Crippen molar-refractivity contribution in [1.29, 1.82) is 0 Å². The molecule has 38 heavy (non-hydrogen) atoms. The first-order valence-corrected chi connectivity index (χ1v) is 13.1. The molecule has 1 unspecified atom stereocenters. The molecule has 6 nitrogen and oxygen atoms in total. The van der Waals surface area contributed by atoms with E-state index in [-0.39, 0.29) is 25.3 Å². The normalized spacial score (nSPS) is 19.4. The predicted octanol–water partition coefficient (Wildman–Crippen LogP) is 7.01. The highest BCUT2D eigenvalue weighted by molar-refractivity contribution is 8.06. The summed E-state index contributed by atoms with van der Waals surface area (Å²) in [5.41, 5.74) is 1.01. The van der Waals surface area contributed by atoms with Crippen LogP contribution in [0.15, 0.2) is 80.3 Å². The van der Waals surface area contributed by atoms with Crippen LogP contribution in [-0.4, -0.2) is 61.6 Å². The second-order valence-corrected chi connectivity index (χ2v) is 10.1. The van der Waals surface area contributed by atoms with Gasteiger partial charge in [0.2, 0.25) is 0 Å². The number of nitrogens with one attached hydrogen (secondary N) is 1. The maximum Gasteiger partial charge on any atom is 0.406 e. The number of thioether (sulfide) groups is 1. The lowest BCUT2D eigenvalue weighted by molar-refractivity contribution is 0.145. The van der Waals surface area contributed by atoms with Crippen molar-refractivity contribution in [3.8, 4) is 0 Å². The predicted molar refractivity (Wildman–Crippen MR) is 151 cm³/mol. The molecule has 1 saturated heterocycles. The van der Waals surface area contributed by atoms with E-state index >= 15 is 4.39 Å². The Labute approximate surface area is 231 Å². The topological polar surface area (TPSA) is 66.3 Å². The molecule has 4 rings (SSSR count). The van der Waals surface area contributed by atoms with Crippen molar-refractivity contribution in [2.75, 3.05) is 26.7 Å². The van der Waals surface area contributed by atoms with Gasteiger partial charge in [-0.1, -0.05) is 42.1 Å². The minimum absolute atomic E-state index is 0.0983. The fourth-order valence-corrected chi connectivity index (χ4v) is 4.27. The Morgan fingerprint density at radius 1 is 1.42 bits per heavy atom. The lowest BCUT2D eigenvalue weighted by Gasteiger charge is -2.30. The standard InChI is InChI=1S/C18H21FN4O2S.C6H4ClF.C3H7F/c1-4-7-26-12(2)16-21-9-13(14-5-6-20-14)15-8-18(19,11-23(15)16)10-22-17(24)25-3;7-5-2-1-3-6(8)4-5;1-3(2)4/h4-7H,2,8-11H2,1,3H3,(H,22,24);1-4H;3H,1-2H3/b7-4-;;. The van der Waals surface area contributed by atoms with Crippen molar-refractivity contribution in [3.05, 3.63) is 81.1 Å². The molecule has 0 aromatic heterocycles. The van der Waals surface area contributed by atoms with E-state index in [4.69, 9.17) is 11.6 Å². The van der Waals surface area contributed by atoms with Crippen molar-refractivity contribution >= 4 is 41.5 Å². The summed E-state index contributed by atoms with van der Waals surface area (Å²) in [7, 11) is 1.26. The molecular weight excluding hydrogens is 537 g/mol. The molecule has 3 aliphatic heterocycles. The Balaban J connectivity index is 0.000000349. The molecule has 1 N–H and O–H groups in total. The number of alkyl carbamates (subject to hydrolysis) is 1. The number of amides is 1. The van der Waals surface area contributed by atoms with Crippen LogP contribution in [0, 0.1) is 5.82 Å². The van der Waals surface area contributed by atoms with Gasteiger partial charge in [0, 0.05) is 33.8 Å². The van der Waals surface area contributed by atoms with Gasteiger partial charge in [-0.25, -0.2) is 18.0 Å². The van der Waals surface area contributed by atoms with E-state index in [1.54, 1.807) is 18.3 Å². The van der Waals surface area contributed by atoms with E-state index in [9.17, 15) is 13.6 Å². The zero-order chi connectivity index (χ0) is 28.3. The Morgan fingerprint density at radius 3 is 2.61 bits per heavy atom. The Kier molecular flexibility index (Phi) is 12.2. The van der Waals surface area contributed by atoms with E-state index in [0.29, 0.717) is 17.4 Å². The molecule has 11 heteroatoms. The molecule has 1 atom stereocenters. The summed E-state index contributed by atoms with van der Waals surface area (Å²) in [4.78, 5) is 22.8. The minimum atomic E-state index is -1.61. The molecule has 1 aromatic rings. The zero-order valence-corrected chi connectivity index (χ0v) is 23.4. The Morgan fingerprint density at radius 2 is 2.11 bits per heavy atom. The van der Waals surface area contributed by atoms with Crippen LogP contribution in [0.5, 0.6) is 0 Å². The minimum Gasteiger partial charge on any atom is -0.453 e. The first-order chi connectivity index (χ1) is 18.0. The number of carbonyl (C=O) groups excluding carboxylic acids is 1. The first-order valence-electron chi connectivity index (χ1n) is 11.8. The fraction of sp³-hybridized carbons (Fsp3) is 0.370. The molecule has 1 aromatic carbocycles. The summed E-state index contributed by atoms with van der Waals surface area (Å²) < 4.78 is 43.1. The number of carbonyl (C=O) groups is 1. The van der Waals surface area contributed by atoms with Crippen LogP contribution in [-0.2, 0) is 4.74 Å². The number of allylic oxidation sites excluding steroid dienone is 3. The van der Waals surface area contributed by atoms with E-state index in [1.807, 2.05) is 29.4 Å². The number of amidine groups is 1. The third-order valence-corrected chi connectivity index (χ3v) is 6.23. The highest BCUT2D eigenvalue weighted by Crippen LogP contribution is 2.41. The van der Waals surface area contributed by atoms with E-state index in [0.717, 1.165) is 21.9 Å². The summed E-state index contributed by atoms with van der Waals surface area (Å²) in [6.07, 6.45) is 4.40. The van der Waals surface area contributed by atoms with Crippen molar-refractivity contribution in [2.24, 2.45) is 9.98 Å². The number of hydrogen-bond donors (Lipinski definition) is 1. The van der Waals surface area contributed by atoms with Gasteiger partial charge in [0.05, 0.1) is 38.6 Å². The van der Waals surface area contributed by atoms with Gasteiger partial charge in [0.15, 0.2) is 5.67 Å². The average molecular weight is 569 g/mol. The van der Waals surface area contributed by atoms with Gasteiger partial charge >= 0.3 is 6.09 Å². The van der Waals surface area contributed by atoms with Gasteiger partial charge in [-0.3, -0.25) is 9.98 Å². The number of fused-ring (bicyclic) bond motifs is 1. The lowest BCUT2D eigenvalue weighted by Crippen LogP contribution is -2.43. The van der Waals surface area contributed by atoms with E-state index in [1.165, 1.54) is 44.9 Å². The van der Waals surface area contributed by atoms with Crippen molar-refractivity contribution < 1.29 is 22.7 Å². The number of rotatable bonds is 6. The van der Waals surface area contributed by atoms with Crippen LogP contribution in [0.1, 0.15) is 27.2 Å². The Hall–Kier alpha value is -2.98. The van der Waals surface area contributed by atoms with Crippen LogP contribution in [0.3, 0.4) is 0 Å². The third kappa shape index (κ3) is 9.40. The summed E-state index contributed by atoms with van der Waals surface area (Å²) >= 11 is 6.86. The van der Waals surface area contributed by atoms with Gasteiger partial charge in [-0.15, -0.1) is 0 Å². The van der Waals surface area contributed by atoms with Gasteiger partial charge in [0.25, 0.3) is 0 Å². The molecule has 3 aliphatic rings. The van der Waals surface area contributed by atoms with Gasteiger partial charge in [0.1, 0.15) is 11.7 Å². The Bertz CT molecular complexity index is 1150. The van der Waals surface area contributed by atoms with Crippen LogP contribution in [0.4, 0.5) is 18.0 Å². The summed E-state index contributed by atoms with van der Waals surface area (Å²) in [5.74, 6) is 0.380. The summed E-state index contributed by atoms with van der Waals surface area (Å²) in [6, 6.07) is 5.82. The van der Waals surface area contributed by atoms with Crippen molar-refractivity contribution in [1.82, 2.24) is 10.2 Å². The molecule has 0 saturated carbocycles. The number of halogens is 4. The van der Waals surface area contributed by atoms with Crippen LogP contribution in [0.25, 0.3) is 0 Å². The second kappa shape index (κ2) is 14.8. The summed E-state index contributed by atoms with van der Waals surface area (Å²) in [5, 5.41) is 4.82. The number of hydrogen-bond acceptors (Lipinski definition) is 6. The molecule has 3 heterocycles. The molecule has 1 amide bonds. The highest BCUT2D eigenvalue weighted by atomic mass is 35.5. The zero-order valence-electron chi connectivity index (χ0n) is 21.8. The maximum absolute atomic E-state index is 15.4. The molecule has 0 radical (unpaired) electrons. The quantitative estimate of drug-likeness (QED) is 0.401. The smallest absolute Gasteiger partial charge is 0.406 e. The summed E-state index contributed by atoms with van der Waals surface area (Å²) in [6.45, 7) is 9.42. The SMILES string of the molecule is C=C(S/C=C\C)C1=NCC(C2=CC=N2)=C2CC(F)(CNC(=O)OC)CN12.CC(C)F.Fc1cccc(Cl)c1. The van der Waals surface area contributed by atoms with Crippen LogP contribution >= 0.6 is 23.4 Å². The molecule has 0 spiro atoms. The average Bonchev–Trinajstić information content (AvgIpc) is 3.18. The molecule has 0 aliphatic carbocycles. The number of ether oxygens (including phenoxy) is 1. The van der Waals surface area contributed by atoms with Crippen LogP contribution < -0.4 is 5.32 Å². The molecular formula is C27H32ClF3N4O2S. The first kappa shape index (κ1) is 31.2.